The zero-order valence-corrected chi connectivity index (χ0v) is 11.3. The minimum Gasteiger partial charge on any atom is -0.405 e. The molecule has 1 atom stereocenters. The van der Waals surface area contributed by atoms with Gasteiger partial charge in [0.15, 0.2) is 0 Å². The number of nitrogens with two attached hydrogens (primary N) is 1. The first-order chi connectivity index (χ1) is 9.24. The highest BCUT2D eigenvalue weighted by Crippen LogP contribution is 2.27. The summed E-state index contributed by atoms with van der Waals surface area (Å²) < 4.78 is 40.8. The lowest BCUT2D eigenvalue weighted by Gasteiger charge is -2.22. The van der Waals surface area contributed by atoms with Crippen molar-refractivity contribution in [2.75, 3.05) is 13.6 Å². The van der Waals surface area contributed by atoms with Crippen LogP contribution in [0, 0.1) is 5.92 Å². The van der Waals surface area contributed by atoms with Crippen LogP contribution in [0.1, 0.15) is 12.5 Å². The number of alkyl halides is 3. The fourth-order valence-electron chi connectivity index (χ4n) is 1.67. The normalized spacial score (nSPS) is 12.9. The molecular formula is C13H17F3N2O2. The molecule has 20 heavy (non-hydrogen) atoms. The Bertz CT molecular complexity index is 463. The minimum absolute atomic E-state index is 0.0232. The Kier molecular flexibility index (Phi) is 5.38. The van der Waals surface area contributed by atoms with E-state index < -0.39 is 6.36 Å². The predicted molar refractivity (Wildman–Crippen MR) is 67.8 cm³/mol. The van der Waals surface area contributed by atoms with Gasteiger partial charge in [-0.2, -0.15) is 0 Å². The molecule has 1 aromatic rings. The molecule has 0 heterocycles. The molecule has 0 spiro atoms. The summed E-state index contributed by atoms with van der Waals surface area (Å²) in [4.78, 5) is 13.2. The number of hydrogen-bond acceptors (Lipinski definition) is 3. The Balaban J connectivity index is 2.84. The van der Waals surface area contributed by atoms with E-state index in [1.807, 2.05) is 0 Å². The highest BCUT2D eigenvalue weighted by molar-refractivity contribution is 5.78. The van der Waals surface area contributed by atoms with E-state index in [9.17, 15) is 18.0 Å². The third-order valence-electron chi connectivity index (χ3n) is 2.76. The highest BCUT2D eigenvalue weighted by Gasteiger charge is 2.32. The van der Waals surface area contributed by atoms with Crippen LogP contribution in [0.5, 0.6) is 5.75 Å². The largest absolute Gasteiger partial charge is 0.573 e. The summed E-state index contributed by atoms with van der Waals surface area (Å²) in [6, 6.07) is 5.73. The van der Waals surface area contributed by atoms with Gasteiger partial charge in [0.2, 0.25) is 5.91 Å². The van der Waals surface area contributed by atoms with Gasteiger partial charge in [0, 0.05) is 31.6 Å². The molecule has 0 aromatic heterocycles. The minimum atomic E-state index is -4.76. The molecular weight excluding hydrogens is 273 g/mol. The third kappa shape index (κ3) is 4.73. The fraction of sp³-hybridized carbons (Fsp3) is 0.462. The number of hydrogen-bond donors (Lipinski definition) is 1. The molecule has 0 aliphatic heterocycles. The number of rotatable bonds is 5. The summed E-state index contributed by atoms with van der Waals surface area (Å²) in [6.07, 6.45) is -4.76. The van der Waals surface area contributed by atoms with Crippen LogP contribution in [0.4, 0.5) is 13.2 Å². The molecule has 0 fully saturated rings. The maximum atomic E-state index is 12.3. The molecule has 112 valence electrons. The summed E-state index contributed by atoms with van der Waals surface area (Å²) in [5.41, 5.74) is 5.68. The van der Waals surface area contributed by atoms with Gasteiger partial charge >= 0.3 is 6.36 Å². The Morgan fingerprint density at radius 2 is 2.00 bits per heavy atom. The second kappa shape index (κ2) is 6.60. The zero-order valence-electron chi connectivity index (χ0n) is 11.3. The van der Waals surface area contributed by atoms with Gasteiger partial charge in [-0.1, -0.05) is 25.1 Å². The van der Waals surface area contributed by atoms with Crippen molar-refractivity contribution in [3.63, 3.8) is 0 Å². The summed E-state index contributed by atoms with van der Waals surface area (Å²) in [6.45, 7) is 1.87. The van der Waals surface area contributed by atoms with E-state index in [-0.39, 0.29) is 36.2 Å². The van der Waals surface area contributed by atoms with E-state index in [0.29, 0.717) is 0 Å². The maximum Gasteiger partial charge on any atom is 0.573 e. The van der Waals surface area contributed by atoms with E-state index in [1.165, 1.54) is 30.1 Å². The Morgan fingerprint density at radius 1 is 1.40 bits per heavy atom. The molecule has 0 bridgehead atoms. The SMILES string of the molecule is CC(CN)C(=O)N(C)Cc1ccccc1OC(F)(F)F. The van der Waals surface area contributed by atoms with Crippen LogP contribution in [-0.2, 0) is 11.3 Å². The number of halogens is 3. The highest BCUT2D eigenvalue weighted by atomic mass is 19.4. The number of benzene rings is 1. The lowest BCUT2D eigenvalue weighted by atomic mass is 10.1. The number of para-hydroxylation sites is 1. The van der Waals surface area contributed by atoms with E-state index in [2.05, 4.69) is 4.74 Å². The van der Waals surface area contributed by atoms with Gasteiger partial charge in [-0.3, -0.25) is 4.79 Å². The smallest absolute Gasteiger partial charge is 0.405 e. The molecule has 7 heteroatoms. The number of amides is 1. The van der Waals surface area contributed by atoms with Gasteiger partial charge in [0.05, 0.1) is 0 Å². The van der Waals surface area contributed by atoms with Crippen molar-refractivity contribution in [3.8, 4) is 5.75 Å². The summed E-state index contributed by atoms with van der Waals surface area (Å²) in [5, 5.41) is 0. The molecule has 0 aliphatic rings. The first-order valence-electron chi connectivity index (χ1n) is 6.03. The molecule has 0 saturated heterocycles. The third-order valence-corrected chi connectivity index (χ3v) is 2.76. The average molecular weight is 290 g/mol. The average Bonchev–Trinajstić information content (AvgIpc) is 2.37. The number of nitrogens with zero attached hydrogens (tertiary/aromatic N) is 1. The van der Waals surface area contributed by atoms with Crippen molar-refractivity contribution in [1.82, 2.24) is 4.90 Å². The molecule has 0 aliphatic carbocycles. The molecule has 1 aromatic carbocycles. The van der Waals surface area contributed by atoms with Gasteiger partial charge in [-0.15, -0.1) is 13.2 Å². The lowest BCUT2D eigenvalue weighted by molar-refractivity contribution is -0.275. The quantitative estimate of drug-likeness (QED) is 0.904. The Morgan fingerprint density at radius 3 is 2.55 bits per heavy atom. The van der Waals surface area contributed by atoms with Gasteiger partial charge in [0.25, 0.3) is 0 Å². The number of carbonyl (C=O) groups excluding carboxylic acids is 1. The van der Waals surface area contributed by atoms with E-state index in [0.717, 1.165) is 0 Å². The maximum absolute atomic E-state index is 12.3. The first kappa shape index (κ1) is 16.3. The van der Waals surface area contributed by atoms with Crippen LogP contribution in [-0.4, -0.2) is 30.8 Å². The molecule has 0 radical (unpaired) electrons. The van der Waals surface area contributed by atoms with Gasteiger partial charge in [-0.25, -0.2) is 0 Å². The van der Waals surface area contributed by atoms with Crippen LogP contribution in [0.15, 0.2) is 24.3 Å². The van der Waals surface area contributed by atoms with Crippen LogP contribution in [0.3, 0.4) is 0 Å². The van der Waals surface area contributed by atoms with Crippen LogP contribution in [0.25, 0.3) is 0 Å². The molecule has 2 N–H and O–H groups in total. The van der Waals surface area contributed by atoms with Gasteiger partial charge in [0.1, 0.15) is 5.75 Å². The van der Waals surface area contributed by atoms with Crippen LogP contribution in [0.2, 0.25) is 0 Å². The van der Waals surface area contributed by atoms with Crippen molar-refractivity contribution in [1.29, 1.82) is 0 Å². The zero-order chi connectivity index (χ0) is 15.3. The number of ether oxygens (including phenoxy) is 1. The predicted octanol–water partition coefficient (Wildman–Crippen LogP) is 2.14. The van der Waals surface area contributed by atoms with Crippen molar-refractivity contribution in [2.24, 2.45) is 11.7 Å². The number of carbonyl (C=O) groups is 1. The van der Waals surface area contributed by atoms with Crippen molar-refractivity contribution in [3.05, 3.63) is 29.8 Å². The topological polar surface area (TPSA) is 55.6 Å². The van der Waals surface area contributed by atoms with Gasteiger partial charge < -0.3 is 15.4 Å². The summed E-state index contributed by atoms with van der Waals surface area (Å²) in [5.74, 6) is -0.912. The molecule has 1 unspecified atom stereocenters. The van der Waals surface area contributed by atoms with Gasteiger partial charge in [-0.05, 0) is 6.07 Å². The second-order valence-corrected chi connectivity index (χ2v) is 4.49. The van der Waals surface area contributed by atoms with E-state index >= 15 is 0 Å². The van der Waals surface area contributed by atoms with Crippen molar-refractivity contribution in [2.45, 2.75) is 19.8 Å². The van der Waals surface area contributed by atoms with Crippen molar-refractivity contribution >= 4 is 5.91 Å². The van der Waals surface area contributed by atoms with Crippen LogP contribution < -0.4 is 10.5 Å². The lowest BCUT2D eigenvalue weighted by Crippen LogP contribution is -2.34. The standard InChI is InChI=1S/C13H17F3N2O2/c1-9(7-17)12(19)18(2)8-10-5-3-4-6-11(10)20-13(14,15)16/h3-6,9H,7-8,17H2,1-2H3. The van der Waals surface area contributed by atoms with Crippen LogP contribution >= 0.6 is 0 Å². The first-order valence-corrected chi connectivity index (χ1v) is 6.03. The summed E-state index contributed by atoms with van der Waals surface area (Å²) in [7, 11) is 1.51. The van der Waals surface area contributed by atoms with Crippen molar-refractivity contribution < 1.29 is 22.7 Å². The Hall–Kier alpha value is -1.76. The molecule has 0 saturated carbocycles. The Labute approximate surface area is 115 Å². The second-order valence-electron chi connectivity index (χ2n) is 4.49. The summed E-state index contributed by atoms with van der Waals surface area (Å²) >= 11 is 0. The molecule has 1 amide bonds. The fourth-order valence-corrected chi connectivity index (χ4v) is 1.67. The monoisotopic (exact) mass is 290 g/mol. The molecule has 4 nitrogen and oxygen atoms in total. The molecule has 1 rings (SSSR count). The van der Waals surface area contributed by atoms with E-state index in [1.54, 1.807) is 13.0 Å². The van der Waals surface area contributed by atoms with E-state index in [4.69, 9.17) is 5.73 Å².